The molecule has 23 heavy (non-hydrogen) atoms. The zero-order valence-corrected chi connectivity index (χ0v) is 13.1. The summed E-state index contributed by atoms with van der Waals surface area (Å²) in [6.07, 6.45) is 0. The van der Waals surface area contributed by atoms with E-state index in [0.29, 0.717) is 11.0 Å². The standard InChI is InChI=1S/C17H20N2O4/c1-12(11-19-6-8-22-9-7-19)18-17(21)16-10-14(20)13-4-2-3-5-15(13)23-16/h2-5,10,12H,6-9,11H2,1H3,(H,18,21). The van der Waals surface area contributed by atoms with Crippen molar-refractivity contribution < 1.29 is 13.9 Å². The van der Waals surface area contributed by atoms with Crippen molar-refractivity contribution in [2.75, 3.05) is 32.8 Å². The molecule has 1 N–H and O–H groups in total. The summed E-state index contributed by atoms with van der Waals surface area (Å²) in [4.78, 5) is 26.6. The molecule has 1 atom stereocenters. The van der Waals surface area contributed by atoms with Gasteiger partial charge in [0, 0.05) is 31.7 Å². The van der Waals surface area contributed by atoms with Gasteiger partial charge in [-0.3, -0.25) is 14.5 Å². The number of para-hydroxylation sites is 1. The van der Waals surface area contributed by atoms with E-state index >= 15 is 0 Å². The molecule has 1 aromatic heterocycles. The Morgan fingerprint density at radius 3 is 2.83 bits per heavy atom. The quantitative estimate of drug-likeness (QED) is 0.919. The monoisotopic (exact) mass is 316 g/mol. The highest BCUT2D eigenvalue weighted by molar-refractivity contribution is 5.93. The molecule has 0 saturated carbocycles. The van der Waals surface area contributed by atoms with Crippen molar-refractivity contribution in [1.29, 1.82) is 0 Å². The van der Waals surface area contributed by atoms with Crippen molar-refractivity contribution in [1.82, 2.24) is 10.2 Å². The maximum Gasteiger partial charge on any atom is 0.287 e. The van der Waals surface area contributed by atoms with E-state index in [1.165, 1.54) is 6.07 Å². The lowest BCUT2D eigenvalue weighted by Crippen LogP contribution is -2.46. The number of ether oxygens (including phenoxy) is 1. The molecule has 0 radical (unpaired) electrons. The highest BCUT2D eigenvalue weighted by Gasteiger charge is 2.18. The molecule has 1 amide bonds. The maximum absolute atomic E-state index is 12.3. The van der Waals surface area contributed by atoms with Crippen LogP contribution >= 0.6 is 0 Å². The molecule has 6 heteroatoms. The molecule has 1 fully saturated rings. The van der Waals surface area contributed by atoms with E-state index in [9.17, 15) is 9.59 Å². The highest BCUT2D eigenvalue weighted by Crippen LogP contribution is 2.11. The summed E-state index contributed by atoms with van der Waals surface area (Å²) < 4.78 is 10.9. The van der Waals surface area contributed by atoms with Crippen molar-refractivity contribution in [3.05, 3.63) is 46.3 Å². The Bertz CT molecular complexity index is 750. The fourth-order valence-corrected chi connectivity index (χ4v) is 2.73. The van der Waals surface area contributed by atoms with E-state index in [4.69, 9.17) is 9.15 Å². The van der Waals surface area contributed by atoms with Crippen LogP contribution < -0.4 is 10.7 Å². The van der Waals surface area contributed by atoms with Gasteiger partial charge in [-0.2, -0.15) is 0 Å². The second-order valence-electron chi connectivity index (χ2n) is 5.76. The Morgan fingerprint density at radius 1 is 1.30 bits per heavy atom. The zero-order valence-electron chi connectivity index (χ0n) is 13.1. The van der Waals surface area contributed by atoms with Crippen LogP contribution in [-0.2, 0) is 4.74 Å². The average molecular weight is 316 g/mol. The van der Waals surface area contributed by atoms with Gasteiger partial charge >= 0.3 is 0 Å². The molecule has 1 aliphatic rings. The molecule has 1 saturated heterocycles. The molecule has 3 rings (SSSR count). The fourth-order valence-electron chi connectivity index (χ4n) is 2.73. The number of morpholine rings is 1. The van der Waals surface area contributed by atoms with Gasteiger partial charge in [0.15, 0.2) is 11.2 Å². The smallest absolute Gasteiger partial charge is 0.287 e. The number of benzene rings is 1. The van der Waals surface area contributed by atoms with Gasteiger partial charge in [-0.25, -0.2) is 0 Å². The third-order valence-corrected chi connectivity index (χ3v) is 3.87. The Hall–Kier alpha value is -2.18. The Labute approximate surface area is 134 Å². The topological polar surface area (TPSA) is 71.8 Å². The minimum Gasteiger partial charge on any atom is -0.451 e. The number of nitrogens with zero attached hydrogens (tertiary/aromatic N) is 1. The van der Waals surface area contributed by atoms with Crippen molar-refractivity contribution in [2.45, 2.75) is 13.0 Å². The van der Waals surface area contributed by atoms with E-state index in [2.05, 4.69) is 10.2 Å². The summed E-state index contributed by atoms with van der Waals surface area (Å²) in [6.45, 7) is 5.86. The molecule has 2 aromatic rings. The molecule has 122 valence electrons. The summed E-state index contributed by atoms with van der Waals surface area (Å²) in [6, 6.07) is 8.11. The van der Waals surface area contributed by atoms with E-state index in [-0.39, 0.29) is 23.1 Å². The molecular formula is C17H20N2O4. The van der Waals surface area contributed by atoms with Gasteiger partial charge in [0.05, 0.1) is 18.6 Å². The first-order valence-corrected chi connectivity index (χ1v) is 7.77. The average Bonchev–Trinajstić information content (AvgIpc) is 2.55. The van der Waals surface area contributed by atoms with Crippen LogP contribution in [0.5, 0.6) is 0 Å². The van der Waals surface area contributed by atoms with E-state index in [1.807, 2.05) is 6.92 Å². The maximum atomic E-state index is 12.3. The summed E-state index contributed by atoms with van der Waals surface area (Å²) in [5.41, 5.74) is 0.212. The number of hydrogen-bond donors (Lipinski definition) is 1. The van der Waals surface area contributed by atoms with Crippen LogP contribution in [0.4, 0.5) is 0 Å². The predicted octanol–water partition coefficient (Wildman–Crippen LogP) is 1.24. The molecule has 1 aliphatic heterocycles. The SMILES string of the molecule is CC(CN1CCOCC1)NC(=O)c1cc(=O)c2ccccc2o1. The van der Waals surface area contributed by atoms with Gasteiger partial charge in [0.1, 0.15) is 5.58 Å². The minimum absolute atomic E-state index is 0.0440. The third-order valence-electron chi connectivity index (χ3n) is 3.87. The van der Waals surface area contributed by atoms with Crippen LogP contribution in [-0.4, -0.2) is 49.7 Å². The Balaban J connectivity index is 1.69. The van der Waals surface area contributed by atoms with Gasteiger partial charge in [-0.15, -0.1) is 0 Å². The first-order valence-electron chi connectivity index (χ1n) is 7.77. The zero-order chi connectivity index (χ0) is 16.2. The summed E-state index contributed by atoms with van der Waals surface area (Å²) in [5.74, 6) is -0.323. The largest absolute Gasteiger partial charge is 0.451 e. The predicted molar refractivity (Wildman–Crippen MR) is 86.7 cm³/mol. The van der Waals surface area contributed by atoms with Gasteiger partial charge in [-0.05, 0) is 19.1 Å². The molecule has 1 unspecified atom stereocenters. The molecular weight excluding hydrogens is 296 g/mol. The molecule has 2 heterocycles. The van der Waals surface area contributed by atoms with Gasteiger partial charge in [-0.1, -0.05) is 12.1 Å². The van der Waals surface area contributed by atoms with Crippen LogP contribution in [0.1, 0.15) is 17.5 Å². The second kappa shape index (κ2) is 6.93. The van der Waals surface area contributed by atoms with Crippen LogP contribution in [0, 0.1) is 0 Å². The lowest BCUT2D eigenvalue weighted by Gasteiger charge is -2.29. The minimum atomic E-state index is -0.367. The van der Waals surface area contributed by atoms with Crippen molar-refractivity contribution in [3.63, 3.8) is 0 Å². The van der Waals surface area contributed by atoms with Crippen molar-refractivity contribution >= 4 is 16.9 Å². The second-order valence-corrected chi connectivity index (χ2v) is 5.76. The molecule has 0 spiro atoms. The first kappa shape index (κ1) is 15.7. The van der Waals surface area contributed by atoms with Crippen molar-refractivity contribution in [3.8, 4) is 0 Å². The van der Waals surface area contributed by atoms with E-state index < -0.39 is 0 Å². The Morgan fingerprint density at radius 2 is 2.04 bits per heavy atom. The lowest BCUT2D eigenvalue weighted by atomic mass is 10.2. The molecule has 0 bridgehead atoms. The van der Waals surface area contributed by atoms with Crippen LogP contribution in [0.3, 0.4) is 0 Å². The normalized spacial score (nSPS) is 17.1. The van der Waals surface area contributed by atoms with Crippen LogP contribution in [0.25, 0.3) is 11.0 Å². The fraction of sp³-hybridized carbons (Fsp3) is 0.412. The summed E-state index contributed by atoms with van der Waals surface area (Å²) in [7, 11) is 0. The van der Waals surface area contributed by atoms with Gasteiger partial charge in [0.2, 0.25) is 0 Å². The highest BCUT2D eigenvalue weighted by atomic mass is 16.5. The number of rotatable bonds is 4. The van der Waals surface area contributed by atoms with Crippen LogP contribution in [0.15, 0.2) is 39.5 Å². The Kier molecular flexibility index (Phi) is 4.73. The number of nitrogens with one attached hydrogen (secondary N) is 1. The van der Waals surface area contributed by atoms with Gasteiger partial charge in [0.25, 0.3) is 5.91 Å². The molecule has 1 aromatic carbocycles. The van der Waals surface area contributed by atoms with E-state index in [0.717, 1.165) is 32.8 Å². The van der Waals surface area contributed by atoms with Crippen molar-refractivity contribution in [2.24, 2.45) is 0 Å². The summed E-state index contributed by atoms with van der Waals surface area (Å²) in [5, 5.41) is 3.36. The van der Waals surface area contributed by atoms with Gasteiger partial charge < -0.3 is 14.5 Å². The number of carbonyl (C=O) groups is 1. The first-order chi connectivity index (χ1) is 11.1. The third kappa shape index (κ3) is 3.78. The van der Waals surface area contributed by atoms with Crippen LogP contribution in [0.2, 0.25) is 0 Å². The molecule has 6 nitrogen and oxygen atoms in total. The summed E-state index contributed by atoms with van der Waals surface area (Å²) >= 11 is 0. The number of amides is 1. The number of hydrogen-bond acceptors (Lipinski definition) is 5. The molecule has 0 aliphatic carbocycles. The number of fused-ring (bicyclic) bond motifs is 1. The number of carbonyl (C=O) groups excluding carboxylic acids is 1. The lowest BCUT2D eigenvalue weighted by molar-refractivity contribution is 0.0341. The van der Waals surface area contributed by atoms with E-state index in [1.54, 1.807) is 24.3 Å².